The van der Waals surface area contributed by atoms with Gasteiger partial charge >= 0.3 is 0 Å². The Kier molecular flexibility index (Phi) is 6.59. The lowest BCUT2D eigenvalue weighted by Crippen LogP contribution is -2.14. The van der Waals surface area contributed by atoms with Crippen LogP contribution < -0.4 is 5.32 Å². The zero-order valence-corrected chi connectivity index (χ0v) is 10.3. The maximum Gasteiger partial charge on any atom is 0.0205 e. The number of hydrogen-bond acceptors (Lipinski definition) is 1. The molecule has 0 aromatic heterocycles. The molecule has 0 atom stereocenters. The molecular formula is C15H23N. The summed E-state index contributed by atoms with van der Waals surface area (Å²) >= 11 is 0. The van der Waals surface area contributed by atoms with Crippen LogP contribution in [0.2, 0.25) is 0 Å². The third-order valence-corrected chi connectivity index (χ3v) is 2.71. The molecule has 1 nitrogen and oxygen atoms in total. The lowest BCUT2D eigenvalue weighted by atomic mass is 10.1. The number of nitrogens with one attached hydrogen (secondary N) is 1. The molecule has 0 saturated heterocycles. The van der Waals surface area contributed by atoms with Crippen molar-refractivity contribution >= 4 is 0 Å². The third kappa shape index (κ3) is 5.72. The van der Waals surface area contributed by atoms with Crippen molar-refractivity contribution < 1.29 is 0 Å². The van der Waals surface area contributed by atoms with Crippen LogP contribution in [0.5, 0.6) is 0 Å². The van der Waals surface area contributed by atoms with Gasteiger partial charge in [-0.05, 0) is 38.3 Å². The van der Waals surface area contributed by atoms with Gasteiger partial charge in [-0.1, -0.05) is 42.3 Å². The minimum Gasteiger partial charge on any atom is -0.313 e. The molecule has 0 amide bonds. The summed E-state index contributed by atoms with van der Waals surface area (Å²) in [6.07, 6.45) is 6.99. The molecule has 0 aliphatic carbocycles. The van der Waals surface area contributed by atoms with Crippen LogP contribution in [0.4, 0.5) is 0 Å². The van der Waals surface area contributed by atoms with E-state index >= 15 is 0 Å². The van der Waals surface area contributed by atoms with Crippen LogP contribution in [-0.4, -0.2) is 6.54 Å². The Bertz CT molecular complexity index is 287. The van der Waals surface area contributed by atoms with Crippen LogP contribution in [0.1, 0.15) is 36.8 Å². The molecular weight excluding hydrogens is 194 g/mol. The fraction of sp³-hybridized carbons (Fsp3) is 0.467. The van der Waals surface area contributed by atoms with Crippen molar-refractivity contribution in [1.29, 1.82) is 0 Å². The van der Waals surface area contributed by atoms with Crippen LogP contribution in [0.15, 0.2) is 36.9 Å². The largest absolute Gasteiger partial charge is 0.313 e. The molecule has 0 unspecified atom stereocenters. The molecule has 1 aromatic rings. The van der Waals surface area contributed by atoms with E-state index in [0.29, 0.717) is 0 Å². The van der Waals surface area contributed by atoms with Crippen LogP contribution in [0.3, 0.4) is 0 Å². The van der Waals surface area contributed by atoms with Crippen molar-refractivity contribution in [3.63, 3.8) is 0 Å². The van der Waals surface area contributed by atoms with Gasteiger partial charge in [-0.15, -0.1) is 6.58 Å². The van der Waals surface area contributed by atoms with E-state index in [1.54, 1.807) is 0 Å². The fourth-order valence-electron chi connectivity index (χ4n) is 1.65. The average Bonchev–Trinajstić information content (AvgIpc) is 2.30. The summed E-state index contributed by atoms with van der Waals surface area (Å²) in [5.74, 6) is 0. The highest BCUT2D eigenvalue weighted by Gasteiger charge is 1.92. The van der Waals surface area contributed by atoms with E-state index in [4.69, 9.17) is 0 Å². The summed E-state index contributed by atoms with van der Waals surface area (Å²) in [6, 6.07) is 8.72. The van der Waals surface area contributed by atoms with Crippen LogP contribution >= 0.6 is 0 Å². The van der Waals surface area contributed by atoms with Gasteiger partial charge in [-0.3, -0.25) is 0 Å². The Morgan fingerprint density at radius 3 is 2.56 bits per heavy atom. The van der Waals surface area contributed by atoms with E-state index in [2.05, 4.69) is 43.1 Å². The molecule has 1 rings (SSSR count). The van der Waals surface area contributed by atoms with Gasteiger partial charge in [0, 0.05) is 6.54 Å². The minimum atomic E-state index is 0.988. The lowest BCUT2D eigenvalue weighted by molar-refractivity contribution is 0.606. The van der Waals surface area contributed by atoms with Crippen molar-refractivity contribution in [2.45, 2.75) is 39.2 Å². The number of aryl methyl sites for hydroxylation is 1. The normalized spacial score (nSPS) is 10.3. The quantitative estimate of drug-likeness (QED) is 0.515. The predicted molar refractivity (Wildman–Crippen MR) is 71.6 cm³/mol. The van der Waals surface area contributed by atoms with Gasteiger partial charge in [-0.25, -0.2) is 0 Å². The Hall–Kier alpha value is -1.08. The number of hydrogen-bond donors (Lipinski definition) is 1. The Labute approximate surface area is 99.6 Å². The zero-order valence-electron chi connectivity index (χ0n) is 10.3. The highest BCUT2D eigenvalue weighted by Crippen LogP contribution is 2.03. The van der Waals surface area contributed by atoms with Crippen molar-refractivity contribution in [2.24, 2.45) is 0 Å². The molecule has 0 bridgehead atoms. The second-order valence-electron chi connectivity index (χ2n) is 4.30. The first kappa shape index (κ1) is 13.0. The summed E-state index contributed by atoms with van der Waals surface area (Å²) in [5.41, 5.74) is 2.70. The van der Waals surface area contributed by atoms with E-state index in [1.807, 2.05) is 6.08 Å². The van der Waals surface area contributed by atoms with Crippen LogP contribution in [-0.2, 0) is 6.54 Å². The molecule has 16 heavy (non-hydrogen) atoms. The molecule has 0 spiro atoms. The number of rotatable bonds is 8. The predicted octanol–water partition coefficient (Wildman–Crippen LogP) is 3.83. The number of benzene rings is 1. The first-order valence-corrected chi connectivity index (χ1v) is 6.20. The monoisotopic (exact) mass is 217 g/mol. The summed E-state index contributed by atoms with van der Waals surface area (Å²) in [4.78, 5) is 0. The topological polar surface area (TPSA) is 12.0 Å². The lowest BCUT2D eigenvalue weighted by Gasteiger charge is -2.05. The Balaban J connectivity index is 2.02. The van der Waals surface area contributed by atoms with Crippen molar-refractivity contribution in [2.75, 3.05) is 6.54 Å². The molecule has 0 fully saturated rings. The first-order valence-electron chi connectivity index (χ1n) is 6.20. The van der Waals surface area contributed by atoms with Gasteiger partial charge in [0.15, 0.2) is 0 Å². The Morgan fingerprint density at radius 1 is 1.12 bits per heavy atom. The molecule has 0 aliphatic heterocycles. The second kappa shape index (κ2) is 8.12. The second-order valence-corrected chi connectivity index (χ2v) is 4.30. The van der Waals surface area contributed by atoms with Gasteiger partial charge in [0.25, 0.3) is 0 Å². The maximum absolute atomic E-state index is 3.73. The third-order valence-electron chi connectivity index (χ3n) is 2.71. The van der Waals surface area contributed by atoms with Gasteiger partial charge in [-0.2, -0.15) is 0 Å². The first-order chi connectivity index (χ1) is 7.83. The van der Waals surface area contributed by atoms with E-state index < -0.39 is 0 Å². The SMILES string of the molecule is C=CCCCCCNCc1ccc(C)cc1. The van der Waals surface area contributed by atoms with E-state index in [9.17, 15) is 0 Å². The average molecular weight is 217 g/mol. The van der Waals surface area contributed by atoms with Gasteiger partial charge in [0.05, 0.1) is 0 Å². The molecule has 1 N–H and O–H groups in total. The highest BCUT2D eigenvalue weighted by molar-refractivity contribution is 5.20. The highest BCUT2D eigenvalue weighted by atomic mass is 14.8. The molecule has 1 aromatic carbocycles. The van der Waals surface area contributed by atoms with Gasteiger partial charge < -0.3 is 5.32 Å². The van der Waals surface area contributed by atoms with Crippen LogP contribution in [0.25, 0.3) is 0 Å². The van der Waals surface area contributed by atoms with Crippen molar-refractivity contribution in [3.05, 3.63) is 48.0 Å². The van der Waals surface area contributed by atoms with E-state index in [-0.39, 0.29) is 0 Å². The fourth-order valence-corrected chi connectivity index (χ4v) is 1.65. The summed E-state index contributed by atoms with van der Waals surface area (Å²) < 4.78 is 0. The number of unbranched alkanes of at least 4 members (excludes halogenated alkanes) is 3. The zero-order chi connectivity index (χ0) is 11.6. The van der Waals surface area contributed by atoms with Crippen LogP contribution in [0, 0.1) is 6.92 Å². The van der Waals surface area contributed by atoms with Crippen molar-refractivity contribution in [3.8, 4) is 0 Å². The standard InChI is InChI=1S/C15H23N/c1-3-4-5-6-7-12-16-13-15-10-8-14(2)9-11-15/h3,8-11,16H,1,4-7,12-13H2,2H3. The summed E-state index contributed by atoms with van der Waals surface area (Å²) in [7, 11) is 0. The minimum absolute atomic E-state index is 0.988. The van der Waals surface area contributed by atoms with Gasteiger partial charge in [0.2, 0.25) is 0 Å². The smallest absolute Gasteiger partial charge is 0.0205 e. The number of allylic oxidation sites excluding steroid dienone is 1. The van der Waals surface area contributed by atoms with Gasteiger partial charge in [0.1, 0.15) is 0 Å². The summed E-state index contributed by atoms with van der Waals surface area (Å²) in [5, 5.41) is 3.47. The molecule has 0 heterocycles. The Morgan fingerprint density at radius 2 is 1.88 bits per heavy atom. The molecule has 88 valence electrons. The summed E-state index contributed by atoms with van der Waals surface area (Å²) in [6.45, 7) is 7.95. The maximum atomic E-state index is 3.73. The molecule has 0 saturated carbocycles. The van der Waals surface area contributed by atoms with E-state index in [1.165, 1.54) is 30.4 Å². The molecule has 0 aliphatic rings. The molecule has 1 heteroatoms. The van der Waals surface area contributed by atoms with Crippen molar-refractivity contribution in [1.82, 2.24) is 5.32 Å². The van der Waals surface area contributed by atoms with E-state index in [0.717, 1.165) is 19.5 Å². The molecule has 0 radical (unpaired) electrons.